The molecule has 0 radical (unpaired) electrons. The largest absolute Gasteiger partial charge is 0.335 e. The maximum Gasteiger partial charge on any atom is 0.254 e. The van der Waals surface area contributed by atoms with Crippen molar-refractivity contribution < 1.29 is 4.79 Å². The molecular weight excluding hydrogens is 336 g/mol. The van der Waals surface area contributed by atoms with Crippen molar-refractivity contribution in [3.8, 4) is 0 Å². The fraction of sp³-hybridized carbons (Fsp3) is 0.417. The number of alkyl halides is 1. The third-order valence-electron chi connectivity index (χ3n) is 2.28. The first-order chi connectivity index (χ1) is 7.56. The van der Waals surface area contributed by atoms with Gasteiger partial charge in [-0.2, -0.15) is 0 Å². The van der Waals surface area contributed by atoms with Crippen molar-refractivity contribution in [1.82, 2.24) is 4.90 Å². The molecule has 0 fully saturated rings. The molecule has 2 nitrogen and oxygen atoms in total. The zero-order valence-electron chi connectivity index (χ0n) is 9.41. The van der Waals surface area contributed by atoms with Crippen molar-refractivity contribution in [3.05, 3.63) is 33.4 Å². The molecule has 0 spiro atoms. The lowest BCUT2D eigenvalue weighted by atomic mass is 10.2. The molecule has 0 aromatic heterocycles. The lowest BCUT2D eigenvalue weighted by molar-refractivity contribution is 0.0718. The van der Waals surface area contributed by atoms with E-state index in [4.69, 9.17) is 11.6 Å². The number of halogens is 2. The molecule has 1 aromatic carbocycles. The van der Waals surface area contributed by atoms with Crippen LogP contribution in [0.1, 0.15) is 24.2 Å². The highest BCUT2D eigenvalue weighted by Gasteiger charge is 2.17. The van der Waals surface area contributed by atoms with E-state index in [1.165, 1.54) is 0 Å². The Labute approximate surface area is 115 Å². The highest BCUT2D eigenvalue weighted by atomic mass is 127. The van der Waals surface area contributed by atoms with E-state index >= 15 is 0 Å². The van der Waals surface area contributed by atoms with Gasteiger partial charge in [0.1, 0.15) is 0 Å². The van der Waals surface area contributed by atoms with Gasteiger partial charge in [-0.1, -0.05) is 6.07 Å². The van der Waals surface area contributed by atoms with Gasteiger partial charge in [-0.3, -0.25) is 4.79 Å². The van der Waals surface area contributed by atoms with E-state index in [1.54, 1.807) is 4.90 Å². The van der Waals surface area contributed by atoms with Crippen LogP contribution in [0.15, 0.2) is 24.3 Å². The van der Waals surface area contributed by atoms with E-state index in [1.807, 2.05) is 38.1 Å². The molecule has 0 bridgehead atoms. The zero-order valence-corrected chi connectivity index (χ0v) is 12.3. The Hall–Kier alpha value is -0.290. The van der Waals surface area contributed by atoms with Gasteiger partial charge in [-0.25, -0.2) is 0 Å². The van der Waals surface area contributed by atoms with Crippen molar-refractivity contribution in [2.75, 3.05) is 12.4 Å². The van der Waals surface area contributed by atoms with Crippen molar-refractivity contribution in [2.24, 2.45) is 0 Å². The molecule has 0 heterocycles. The van der Waals surface area contributed by atoms with Gasteiger partial charge in [-0.05, 0) is 54.6 Å². The lowest BCUT2D eigenvalue weighted by Gasteiger charge is -2.26. The maximum atomic E-state index is 12.2. The summed E-state index contributed by atoms with van der Waals surface area (Å²) in [4.78, 5) is 14.0. The van der Waals surface area contributed by atoms with Gasteiger partial charge in [0.05, 0.1) is 0 Å². The van der Waals surface area contributed by atoms with Gasteiger partial charge in [-0.15, -0.1) is 11.6 Å². The van der Waals surface area contributed by atoms with E-state index in [9.17, 15) is 4.79 Å². The second-order valence-corrected chi connectivity index (χ2v) is 5.42. The molecule has 0 saturated heterocycles. The van der Waals surface area contributed by atoms with Crippen LogP contribution >= 0.6 is 34.2 Å². The highest BCUT2D eigenvalue weighted by Crippen LogP contribution is 2.12. The molecule has 1 rings (SSSR count). The minimum Gasteiger partial charge on any atom is -0.335 e. The first-order valence-corrected chi connectivity index (χ1v) is 6.80. The maximum absolute atomic E-state index is 12.2. The summed E-state index contributed by atoms with van der Waals surface area (Å²) < 4.78 is 1.07. The molecule has 1 amide bonds. The molecule has 0 aliphatic carbocycles. The SMILES string of the molecule is CC(C)N(CCCl)C(=O)c1cccc(I)c1. The average molecular weight is 352 g/mol. The molecule has 0 unspecified atom stereocenters. The van der Waals surface area contributed by atoms with E-state index in [2.05, 4.69) is 22.6 Å². The Bertz CT molecular complexity index is 368. The summed E-state index contributed by atoms with van der Waals surface area (Å²) in [5, 5.41) is 0. The van der Waals surface area contributed by atoms with Crippen molar-refractivity contribution >= 4 is 40.1 Å². The van der Waals surface area contributed by atoms with Crippen LogP contribution in [0.5, 0.6) is 0 Å². The minimum atomic E-state index is 0.0502. The van der Waals surface area contributed by atoms with Gasteiger partial charge in [0.2, 0.25) is 0 Å². The molecule has 0 aliphatic rings. The Morgan fingerprint density at radius 3 is 2.69 bits per heavy atom. The predicted molar refractivity (Wildman–Crippen MR) is 76.1 cm³/mol. The normalized spacial score (nSPS) is 10.6. The number of nitrogens with zero attached hydrogens (tertiary/aromatic N) is 1. The summed E-state index contributed by atoms with van der Waals surface area (Å²) in [5.41, 5.74) is 0.728. The summed E-state index contributed by atoms with van der Waals surface area (Å²) in [6.45, 7) is 4.58. The summed E-state index contributed by atoms with van der Waals surface area (Å²) in [7, 11) is 0. The van der Waals surface area contributed by atoms with E-state index < -0.39 is 0 Å². The average Bonchev–Trinajstić information content (AvgIpc) is 2.24. The number of hydrogen-bond donors (Lipinski definition) is 0. The molecule has 1 aromatic rings. The number of carbonyl (C=O) groups is 1. The van der Waals surface area contributed by atoms with Crippen LogP contribution in [0.3, 0.4) is 0 Å². The third kappa shape index (κ3) is 3.63. The second kappa shape index (κ2) is 6.45. The molecule has 0 atom stereocenters. The third-order valence-corrected chi connectivity index (χ3v) is 3.12. The van der Waals surface area contributed by atoms with Crippen LogP contribution in [-0.4, -0.2) is 29.3 Å². The molecule has 0 N–H and O–H groups in total. The number of rotatable bonds is 4. The van der Waals surface area contributed by atoms with Crippen molar-refractivity contribution in [3.63, 3.8) is 0 Å². The Balaban J connectivity index is 2.90. The van der Waals surface area contributed by atoms with Gasteiger partial charge in [0.15, 0.2) is 0 Å². The van der Waals surface area contributed by atoms with Crippen LogP contribution in [0.4, 0.5) is 0 Å². The van der Waals surface area contributed by atoms with Gasteiger partial charge >= 0.3 is 0 Å². The molecule has 4 heteroatoms. The Morgan fingerprint density at radius 2 is 2.19 bits per heavy atom. The predicted octanol–water partition coefficient (Wildman–Crippen LogP) is 3.38. The van der Waals surface area contributed by atoms with Crippen LogP contribution in [0.25, 0.3) is 0 Å². The number of hydrogen-bond acceptors (Lipinski definition) is 1. The smallest absolute Gasteiger partial charge is 0.254 e. The highest BCUT2D eigenvalue weighted by molar-refractivity contribution is 14.1. The number of benzene rings is 1. The number of carbonyl (C=O) groups excluding carboxylic acids is 1. The first-order valence-electron chi connectivity index (χ1n) is 5.18. The van der Waals surface area contributed by atoms with Gasteiger partial charge < -0.3 is 4.90 Å². The van der Waals surface area contributed by atoms with Crippen molar-refractivity contribution in [1.29, 1.82) is 0 Å². The van der Waals surface area contributed by atoms with Gasteiger partial charge in [0.25, 0.3) is 5.91 Å². The quantitative estimate of drug-likeness (QED) is 0.601. The number of amides is 1. The Kier molecular flexibility index (Phi) is 5.55. The lowest BCUT2D eigenvalue weighted by Crippen LogP contribution is -2.38. The summed E-state index contributed by atoms with van der Waals surface area (Å²) in [6, 6.07) is 7.78. The Morgan fingerprint density at radius 1 is 1.50 bits per heavy atom. The molecule has 0 saturated carbocycles. The zero-order chi connectivity index (χ0) is 12.1. The van der Waals surface area contributed by atoms with E-state index in [-0.39, 0.29) is 11.9 Å². The first kappa shape index (κ1) is 13.8. The van der Waals surface area contributed by atoms with Crippen molar-refractivity contribution in [2.45, 2.75) is 19.9 Å². The summed E-state index contributed by atoms with van der Waals surface area (Å²) >= 11 is 7.91. The second-order valence-electron chi connectivity index (χ2n) is 3.79. The standard InChI is InChI=1S/C12H15ClINO/c1-9(2)15(7-6-13)12(16)10-4-3-5-11(14)8-10/h3-5,8-9H,6-7H2,1-2H3. The van der Waals surface area contributed by atoms with E-state index in [0.717, 1.165) is 9.13 Å². The summed E-state index contributed by atoms with van der Waals surface area (Å²) in [6.07, 6.45) is 0. The monoisotopic (exact) mass is 351 g/mol. The molecule has 0 aliphatic heterocycles. The summed E-state index contributed by atoms with van der Waals surface area (Å²) in [5.74, 6) is 0.516. The van der Waals surface area contributed by atoms with Crippen LogP contribution in [0.2, 0.25) is 0 Å². The van der Waals surface area contributed by atoms with Crippen LogP contribution in [0, 0.1) is 3.57 Å². The fourth-order valence-electron chi connectivity index (χ4n) is 1.47. The molecule has 16 heavy (non-hydrogen) atoms. The van der Waals surface area contributed by atoms with E-state index in [0.29, 0.717) is 12.4 Å². The van der Waals surface area contributed by atoms with Gasteiger partial charge in [0, 0.05) is 27.6 Å². The minimum absolute atomic E-state index is 0.0502. The van der Waals surface area contributed by atoms with Crippen LogP contribution in [-0.2, 0) is 0 Å². The molecular formula is C12H15ClINO. The topological polar surface area (TPSA) is 20.3 Å². The molecule has 88 valence electrons. The van der Waals surface area contributed by atoms with Crippen LogP contribution < -0.4 is 0 Å². The fourth-order valence-corrected chi connectivity index (χ4v) is 2.20.